The van der Waals surface area contributed by atoms with E-state index in [1.807, 2.05) is 0 Å². The highest BCUT2D eigenvalue weighted by Gasteiger charge is 2.30. The zero-order chi connectivity index (χ0) is 15.9. The normalized spacial score (nSPS) is 29.9. The highest BCUT2D eigenvalue weighted by Crippen LogP contribution is 2.28. The third kappa shape index (κ3) is 5.44. The van der Waals surface area contributed by atoms with Gasteiger partial charge in [-0.2, -0.15) is 0 Å². The van der Waals surface area contributed by atoms with Crippen molar-refractivity contribution in [3.63, 3.8) is 0 Å². The molecule has 3 rings (SSSR count). The van der Waals surface area contributed by atoms with Crippen molar-refractivity contribution in [2.24, 2.45) is 11.8 Å². The fourth-order valence-corrected chi connectivity index (χ4v) is 5.22. The first-order valence-corrected chi connectivity index (χ1v) is 10.4. The second kappa shape index (κ2) is 9.39. The van der Waals surface area contributed by atoms with Gasteiger partial charge in [-0.25, -0.2) is 0 Å². The summed E-state index contributed by atoms with van der Waals surface area (Å²) in [7, 11) is 0. The lowest BCUT2D eigenvalue weighted by molar-refractivity contribution is 0.0339. The Morgan fingerprint density at radius 1 is 0.739 bits per heavy atom. The highest BCUT2D eigenvalue weighted by molar-refractivity contribution is 4.85. The van der Waals surface area contributed by atoms with Crippen LogP contribution in [0, 0.1) is 11.8 Å². The summed E-state index contributed by atoms with van der Waals surface area (Å²) in [4.78, 5) is 5.44. The van der Waals surface area contributed by atoms with E-state index in [2.05, 4.69) is 9.80 Å². The lowest BCUT2D eigenvalue weighted by Gasteiger charge is -2.44. The third-order valence-corrected chi connectivity index (χ3v) is 6.61. The zero-order valence-electron chi connectivity index (χ0n) is 15.1. The molecule has 1 atom stereocenters. The molecule has 3 aliphatic rings. The van der Waals surface area contributed by atoms with E-state index in [9.17, 15) is 5.11 Å². The molecule has 0 radical (unpaired) electrons. The van der Waals surface area contributed by atoms with Gasteiger partial charge in [0.05, 0.1) is 0 Å². The molecule has 3 heteroatoms. The molecule has 1 aliphatic heterocycles. The van der Waals surface area contributed by atoms with Gasteiger partial charge >= 0.3 is 0 Å². The first-order chi connectivity index (χ1) is 11.3. The van der Waals surface area contributed by atoms with Crippen LogP contribution < -0.4 is 0 Å². The minimum atomic E-state index is 0.350. The van der Waals surface area contributed by atoms with Crippen molar-refractivity contribution in [2.75, 3.05) is 39.3 Å². The zero-order valence-corrected chi connectivity index (χ0v) is 15.1. The summed E-state index contributed by atoms with van der Waals surface area (Å²) in [6.45, 7) is 6.65. The van der Waals surface area contributed by atoms with Crippen molar-refractivity contribution in [3.05, 3.63) is 0 Å². The summed E-state index contributed by atoms with van der Waals surface area (Å²) in [5.41, 5.74) is 0. The van der Waals surface area contributed by atoms with E-state index in [1.54, 1.807) is 0 Å². The molecular formula is C20H38N2O. The van der Waals surface area contributed by atoms with Crippen LogP contribution in [0.1, 0.15) is 70.6 Å². The maximum atomic E-state index is 9.50. The van der Waals surface area contributed by atoms with Gasteiger partial charge in [0.2, 0.25) is 0 Å². The fourth-order valence-electron chi connectivity index (χ4n) is 5.22. The van der Waals surface area contributed by atoms with Gasteiger partial charge in [0.25, 0.3) is 0 Å². The van der Waals surface area contributed by atoms with Crippen LogP contribution in [0.25, 0.3) is 0 Å². The molecule has 0 aromatic carbocycles. The standard InChI is InChI=1S/C20H38N2O/c23-14-11-20-17-21(15-18-7-3-1-4-8-18)12-13-22(20)16-19-9-5-2-6-10-19/h18-20,23H,1-17H2. The minimum absolute atomic E-state index is 0.350. The molecule has 3 fully saturated rings. The van der Waals surface area contributed by atoms with Crippen LogP contribution in [0.4, 0.5) is 0 Å². The van der Waals surface area contributed by atoms with Crippen molar-refractivity contribution >= 4 is 0 Å². The minimum Gasteiger partial charge on any atom is -0.396 e. The van der Waals surface area contributed by atoms with E-state index in [-0.39, 0.29) is 0 Å². The Bertz CT molecular complexity index is 324. The molecule has 0 amide bonds. The van der Waals surface area contributed by atoms with Gasteiger partial charge in [0.1, 0.15) is 0 Å². The first-order valence-electron chi connectivity index (χ1n) is 10.4. The van der Waals surface area contributed by atoms with E-state index in [1.165, 1.54) is 96.9 Å². The molecule has 1 N–H and O–H groups in total. The number of hydrogen-bond donors (Lipinski definition) is 1. The van der Waals surface area contributed by atoms with Crippen LogP contribution in [-0.2, 0) is 0 Å². The van der Waals surface area contributed by atoms with E-state index in [0.717, 1.165) is 18.3 Å². The van der Waals surface area contributed by atoms with Crippen molar-refractivity contribution in [2.45, 2.75) is 76.7 Å². The second-order valence-corrected chi connectivity index (χ2v) is 8.43. The van der Waals surface area contributed by atoms with Gasteiger partial charge in [-0.15, -0.1) is 0 Å². The van der Waals surface area contributed by atoms with Gasteiger partial charge in [-0.05, 0) is 43.9 Å². The largest absolute Gasteiger partial charge is 0.396 e. The van der Waals surface area contributed by atoms with Gasteiger partial charge in [-0.1, -0.05) is 38.5 Å². The molecule has 2 saturated carbocycles. The SMILES string of the molecule is OCCC1CN(CC2CCCCC2)CCN1CC1CCCCC1. The molecule has 0 aromatic rings. The van der Waals surface area contributed by atoms with Crippen LogP contribution in [0.15, 0.2) is 0 Å². The molecule has 2 aliphatic carbocycles. The summed E-state index contributed by atoms with van der Waals surface area (Å²) >= 11 is 0. The van der Waals surface area contributed by atoms with E-state index >= 15 is 0 Å². The average molecular weight is 323 g/mol. The number of piperazine rings is 1. The monoisotopic (exact) mass is 322 g/mol. The Labute approximate surface area is 143 Å². The summed E-state index contributed by atoms with van der Waals surface area (Å²) in [6.07, 6.45) is 15.4. The lowest BCUT2D eigenvalue weighted by Crippen LogP contribution is -2.55. The molecule has 0 aromatic heterocycles. The fraction of sp³-hybridized carbons (Fsp3) is 1.00. The molecule has 0 bridgehead atoms. The van der Waals surface area contributed by atoms with Gasteiger partial charge in [0.15, 0.2) is 0 Å². The number of rotatable bonds is 6. The summed E-state index contributed by atoms with van der Waals surface area (Å²) in [6, 6.07) is 0.597. The van der Waals surface area contributed by atoms with Crippen molar-refractivity contribution < 1.29 is 5.11 Å². The van der Waals surface area contributed by atoms with E-state index in [0.29, 0.717) is 12.6 Å². The Hall–Kier alpha value is -0.120. The first kappa shape index (κ1) is 17.7. The van der Waals surface area contributed by atoms with Gasteiger partial charge < -0.3 is 10.0 Å². The molecular weight excluding hydrogens is 284 g/mol. The Kier molecular flexibility index (Phi) is 7.22. The smallest absolute Gasteiger partial charge is 0.0446 e. The van der Waals surface area contributed by atoms with Crippen LogP contribution in [-0.4, -0.2) is 60.3 Å². The molecule has 0 spiro atoms. The molecule has 3 nitrogen and oxygen atoms in total. The predicted octanol–water partition coefficient (Wildman–Crippen LogP) is 3.52. The Balaban J connectivity index is 1.48. The van der Waals surface area contributed by atoms with Crippen LogP contribution >= 0.6 is 0 Å². The van der Waals surface area contributed by atoms with Crippen molar-refractivity contribution in [3.8, 4) is 0 Å². The number of aliphatic hydroxyl groups excluding tert-OH is 1. The molecule has 1 saturated heterocycles. The Morgan fingerprint density at radius 3 is 1.96 bits per heavy atom. The quantitative estimate of drug-likeness (QED) is 0.810. The maximum Gasteiger partial charge on any atom is 0.0446 e. The molecule has 1 unspecified atom stereocenters. The third-order valence-electron chi connectivity index (χ3n) is 6.61. The summed E-state index contributed by atoms with van der Waals surface area (Å²) in [5, 5.41) is 9.50. The molecule has 1 heterocycles. The number of nitrogens with zero attached hydrogens (tertiary/aromatic N) is 2. The highest BCUT2D eigenvalue weighted by atomic mass is 16.3. The van der Waals surface area contributed by atoms with E-state index < -0.39 is 0 Å². The van der Waals surface area contributed by atoms with Crippen LogP contribution in [0.2, 0.25) is 0 Å². The lowest BCUT2D eigenvalue weighted by atomic mass is 9.87. The van der Waals surface area contributed by atoms with Gasteiger partial charge in [0, 0.05) is 45.4 Å². The number of hydrogen-bond acceptors (Lipinski definition) is 3. The Morgan fingerprint density at radius 2 is 1.35 bits per heavy atom. The maximum absolute atomic E-state index is 9.50. The summed E-state index contributed by atoms with van der Waals surface area (Å²) in [5.74, 6) is 1.87. The number of aliphatic hydroxyl groups is 1. The van der Waals surface area contributed by atoms with Crippen molar-refractivity contribution in [1.82, 2.24) is 9.80 Å². The topological polar surface area (TPSA) is 26.7 Å². The summed E-state index contributed by atoms with van der Waals surface area (Å²) < 4.78 is 0. The predicted molar refractivity (Wildman–Crippen MR) is 96.7 cm³/mol. The average Bonchev–Trinajstić information content (AvgIpc) is 2.59. The van der Waals surface area contributed by atoms with E-state index in [4.69, 9.17) is 0 Å². The van der Waals surface area contributed by atoms with Gasteiger partial charge in [-0.3, -0.25) is 4.90 Å². The van der Waals surface area contributed by atoms with Crippen LogP contribution in [0.3, 0.4) is 0 Å². The molecule has 134 valence electrons. The van der Waals surface area contributed by atoms with Crippen LogP contribution in [0.5, 0.6) is 0 Å². The molecule has 23 heavy (non-hydrogen) atoms. The van der Waals surface area contributed by atoms with Crippen molar-refractivity contribution in [1.29, 1.82) is 0 Å². The second-order valence-electron chi connectivity index (χ2n) is 8.43.